The zero-order valence-corrected chi connectivity index (χ0v) is 9.06. The summed E-state index contributed by atoms with van der Waals surface area (Å²) in [6.45, 7) is 1.50. The number of nitrogens with one attached hydrogen (secondary N) is 1. The normalized spacial score (nSPS) is 11.6. The Labute approximate surface area is 93.0 Å². The van der Waals surface area contributed by atoms with Gasteiger partial charge in [-0.2, -0.15) is 0 Å². The number of anilines is 1. The molecule has 5 heteroatoms. The van der Waals surface area contributed by atoms with E-state index in [1.54, 1.807) is 24.3 Å². The number of rotatable bonds is 4. The second-order valence-corrected chi connectivity index (χ2v) is 3.24. The molecular formula is C11H13NO4. The number of ether oxygens (including phenoxy) is 1. The van der Waals surface area contributed by atoms with Crippen LogP contribution in [0.2, 0.25) is 0 Å². The van der Waals surface area contributed by atoms with Gasteiger partial charge in [0.1, 0.15) is 6.04 Å². The van der Waals surface area contributed by atoms with Crippen molar-refractivity contribution in [2.45, 2.75) is 13.0 Å². The van der Waals surface area contributed by atoms with Gasteiger partial charge in [0.2, 0.25) is 0 Å². The Bertz CT molecular complexity index is 403. The molecule has 5 nitrogen and oxygen atoms in total. The van der Waals surface area contributed by atoms with E-state index in [-0.39, 0.29) is 0 Å². The largest absolute Gasteiger partial charge is 0.480 e. The van der Waals surface area contributed by atoms with E-state index >= 15 is 0 Å². The molecule has 0 aliphatic heterocycles. The topological polar surface area (TPSA) is 75.6 Å². The summed E-state index contributed by atoms with van der Waals surface area (Å²) in [5.74, 6) is -1.49. The second-order valence-electron chi connectivity index (χ2n) is 3.24. The highest BCUT2D eigenvalue weighted by molar-refractivity contribution is 5.96. The molecule has 0 aliphatic rings. The van der Waals surface area contributed by atoms with E-state index in [0.717, 1.165) is 0 Å². The summed E-state index contributed by atoms with van der Waals surface area (Å²) in [6.07, 6.45) is 0. The number of methoxy groups -OCH3 is 1. The minimum Gasteiger partial charge on any atom is -0.480 e. The van der Waals surface area contributed by atoms with E-state index in [1.807, 2.05) is 0 Å². The van der Waals surface area contributed by atoms with Crippen LogP contribution in [-0.4, -0.2) is 30.2 Å². The SMILES string of the molecule is COC(=O)c1ccccc1NC(C)C(=O)O. The van der Waals surface area contributed by atoms with Gasteiger partial charge in [-0.25, -0.2) is 4.79 Å². The third-order valence-corrected chi connectivity index (χ3v) is 2.07. The zero-order chi connectivity index (χ0) is 12.1. The molecule has 86 valence electrons. The van der Waals surface area contributed by atoms with Crippen LogP contribution in [0.4, 0.5) is 5.69 Å². The van der Waals surface area contributed by atoms with Gasteiger partial charge in [-0.3, -0.25) is 4.79 Å². The van der Waals surface area contributed by atoms with Crippen molar-refractivity contribution in [1.82, 2.24) is 0 Å². The highest BCUT2D eigenvalue weighted by Crippen LogP contribution is 2.16. The summed E-state index contributed by atoms with van der Waals surface area (Å²) < 4.78 is 4.59. The highest BCUT2D eigenvalue weighted by atomic mass is 16.5. The molecule has 0 aromatic heterocycles. The second kappa shape index (κ2) is 5.16. The fourth-order valence-electron chi connectivity index (χ4n) is 1.19. The van der Waals surface area contributed by atoms with E-state index < -0.39 is 18.0 Å². The summed E-state index contributed by atoms with van der Waals surface area (Å²) in [5, 5.41) is 11.5. The number of carbonyl (C=O) groups excluding carboxylic acids is 1. The number of aliphatic carboxylic acids is 1. The number of carboxylic acids is 1. The lowest BCUT2D eigenvalue weighted by Gasteiger charge is -2.13. The lowest BCUT2D eigenvalue weighted by atomic mass is 10.1. The standard InChI is InChI=1S/C11H13NO4/c1-7(10(13)14)12-9-6-4-3-5-8(9)11(15)16-2/h3-7,12H,1-2H3,(H,13,14). The average molecular weight is 223 g/mol. The van der Waals surface area contributed by atoms with Gasteiger partial charge in [0.25, 0.3) is 0 Å². The molecule has 0 radical (unpaired) electrons. The molecule has 2 N–H and O–H groups in total. The summed E-state index contributed by atoms with van der Waals surface area (Å²) in [6, 6.07) is 5.83. The molecular weight excluding hydrogens is 210 g/mol. The predicted molar refractivity (Wildman–Crippen MR) is 58.5 cm³/mol. The lowest BCUT2D eigenvalue weighted by Crippen LogP contribution is -2.26. The van der Waals surface area contributed by atoms with Crippen LogP contribution in [0.25, 0.3) is 0 Å². The van der Waals surface area contributed by atoms with Gasteiger partial charge in [0.05, 0.1) is 12.7 Å². The van der Waals surface area contributed by atoms with Gasteiger partial charge < -0.3 is 15.2 Å². The van der Waals surface area contributed by atoms with E-state index in [9.17, 15) is 9.59 Å². The maximum atomic E-state index is 11.4. The first kappa shape index (κ1) is 12.0. The predicted octanol–water partition coefficient (Wildman–Crippen LogP) is 1.36. The molecule has 0 bridgehead atoms. The van der Waals surface area contributed by atoms with Crippen molar-refractivity contribution in [2.75, 3.05) is 12.4 Å². The van der Waals surface area contributed by atoms with Crippen LogP contribution in [0.1, 0.15) is 17.3 Å². The van der Waals surface area contributed by atoms with Crippen LogP contribution >= 0.6 is 0 Å². The third-order valence-electron chi connectivity index (χ3n) is 2.07. The van der Waals surface area contributed by atoms with Crippen LogP contribution in [0.5, 0.6) is 0 Å². The summed E-state index contributed by atoms with van der Waals surface area (Å²) >= 11 is 0. The van der Waals surface area contributed by atoms with Crippen LogP contribution in [0.15, 0.2) is 24.3 Å². The molecule has 0 spiro atoms. The number of hydrogen-bond donors (Lipinski definition) is 2. The molecule has 1 aromatic rings. The van der Waals surface area contributed by atoms with Crippen molar-refractivity contribution < 1.29 is 19.4 Å². The fraction of sp³-hybridized carbons (Fsp3) is 0.273. The molecule has 16 heavy (non-hydrogen) atoms. The quantitative estimate of drug-likeness (QED) is 0.754. The van der Waals surface area contributed by atoms with Crippen molar-refractivity contribution in [3.05, 3.63) is 29.8 Å². The van der Waals surface area contributed by atoms with E-state index in [1.165, 1.54) is 14.0 Å². The minimum atomic E-state index is -0.986. The highest BCUT2D eigenvalue weighted by Gasteiger charge is 2.15. The first-order valence-electron chi connectivity index (χ1n) is 4.73. The first-order chi connectivity index (χ1) is 7.56. The van der Waals surface area contributed by atoms with Crippen LogP contribution in [0.3, 0.4) is 0 Å². The van der Waals surface area contributed by atoms with Crippen LogP contribution < -0.4 is 5.32 Å². The first-order valence-corrected chi connectivity index (χ1v) is 4.73. The van der Waals surface area contributed by atoms with Gasteiger partial charge in [0.15, 0.2) is 0 Å². The maximum Gasteiger partial charge on any atom is 0.339 e. The van der Waals surface area contributed by atoms with Gasteiger partial charge in [-0.1, -0.05) is 12.1 Å². The summed E-state index contributed by atoms with van der Waals surface area (Å²) in [5.41, 5.74) is 0.766. The Balaban J connectivity index is 2.95. The summed E-state index contributed by atoms with van der Waals surface area (Å²) in [7, 11) is 1.28. The third kappa shape index (κ3) is 2.73. The van der Waals surface area contributed by atoms with Crippen molar-refractivity contribution in [3.63, 3.8) is 0 Å². The van der Waals surface area contributed by atoms with Crippen molar-refractivity contribution in [1.29, 1.82) is 0 Å². The van der Waals surface area contributed by atoms with E-state index in [2.05, 4.69) is 10.1 Å². The number of carbonyl (C=O) groups is 2. The Morgan fingerprint density at radius 3 is 2.56 bits per heavy atom. The minimum absolute atomic E-state index is 0.318. The molecule has 1 aromatic carbocycles. The molecule has 0 fully saturated rings. The fourth-order valence-corrected chi connectivity index (χ4v) is 1.19. The Morgan fingerprint density at radius 1 is 1.38 bits per heavy atom. The molecule has 0 saturated heterocycles. The van der Waals surface area contributed by atoms with Gasteiger partial charge in [0, 0.05) is 5.69 Å². The number of carboxylic acid groups (broad SMARTS) is 1. The number of para-hydroxylation sites is 1. The number of esters is 1. The monoisotopic (exact) mass is 223 g/mol. The smallest absolute Gasteiger partial charge is 0.339 e. The van der Waals surface area contributed by atoms with E-state index in [0.29, 0.717) is 11.3 Å². The number of hydrogen-bond acceptors (Lipinski definition) is 4. The van der Waals surface area contributed by atoms with Crippen LogP contribution in [-0.2, 0) is 9.53 Å². The van der Waals surface area contributed by atoms with Gasteiger partial charge in [-0.05, 0) is 19.1 Å². The molecule has 1 unspecified atom stereocenters. The Kier molecular flexibility index (Phi) is 3.88. The molecule has 0 amide bonds. The van der Waals surface area contributed by atoms with Crippen LogP contribution in [0, 0.1) is 0 Å². The maximum absolute atomic E-state index is 11.4. The lowest BCUT2D eigenvalue weighted by molar-refractivity contribution is -0.137. The molecule has 0 saturated carbocycles. The molecule has 0 heterocycles. The van der Waals surface area contributed by atoms with Crippen molar-refractivity contribution in [3.8, 4) is 0 Å². The Morgan fingerprint density at radius 2 is 2.00 bits per heavy atom. The van der Waals surface area contributed by atoms with Gasteiger partial charge >= 0.3 is 11.9 Å². The molecule has 1 atom stereocenters. The van der Waals surface area contributed by atoms with Gasteiger partial charge in [-0.15, -0.1) is 0 Å². The van der Waals surface area contributed by atoms with Crippen molar-refractivity contribution in [2.24, 2.45) is 0 Å². The molecule has 0 aliphatic carbocycles. The number of benzene rings is 1. The summed E-state index contributed by atoms with van der Waals surface area (Å²) in [4.78, 5) is 22.1. The van der Waals surface area contributed by atoms with Crippen molar-refractivity contribution >= 4 is 17.6 Å². The zero-order valence-electron chi connectivity index (χ0n) is 9.06. The average Bonchev–Trinajstić information content (AvgIpc) is 2.28. The van der Waals surface area contributed by atoms with E-state index in [4.69, 9.17) is 5.11 Å². The molecule has 1 rings (SSSR count). The Hall–Kier alpha value is -2.04.